The van der Waals surface area contributed by atoms with Gasteiger partial charge in [-0.1, -0.05) is 0 Å². The van der Waals surface area contributed by atoms with E-state index in [1.165, 1.54) is 41.6 Å². The molecular formula is C18H21N3O4S2. The van der Waals surface area contributed by atoms with Crippen LogP contribution in [-0.2, 0) is 32.6 Å². The normalized spacial score (nSPS) is 13.9. The van der Waals surface area contributed by atoms with Crippen LogP contribution >= 0.6 is 11.3 Å². The van der Waals surface area contributed by atoms with Crippen LogP contribution in [0.15, 0.2) is 40.6 Å². The Morgan fingerprint density at radius 1 is 1.19 bits per heavy atom. The number of thiophene rings is 1. The number of amides is 2. The average molecular weight is 408 g/mol. The van der Waals surface area contributed by atoms with E-state index in [-0.39, 0.29) is 29.7 Å². The van der Waals surface area contributed by atoms with Crippen molar-refractivity contribution in [2.45, 2.75) is 31.2 Å². The zero-order valence-electron chi connectivity index (χ0n) is 14.9. The van der Waals surface area contributed by atoms with Gasteiger partial charge in [0.25, 0.3) is 0 Å². The highest BCUT2D eigenvalue weighted by Gasteiger charge is 2.22. The molecular weight excluding hydrogens is 386 g/mol. The fourth-order valence-electron chi connectivity index (χ4n) is 2.92. The third-order valence-electron chi connectivity index (χ3n) is 4.28. The van der Waals surface area contributed by atoms with E-state index in [0.29, 0.717) is 18.8 Å². The molecule has 7 nitrogen and oxygen atoms in total. The number of nitrogens with zero attached hydrogens (tertiary/aromatic N) is 1. The van der Waals surface area contributed by atoms with Crippen molar-refractivity contribution < 1.29 is 18.0 Å². The SMILES string of the molecule is CC(=O)Nc1ccc(S(=O)(=O)NCCC(=O)N2CCc3sccc3C2)cc1. The first-order chi connectivity index (χ1) is 12.8. The number of nitrogens with one attached hydrogen (secondary N) is 2. The van der Waals surface area contributed by atoms with Gasteiger partial charge in [0, 0.05) is 43.5 Å². The Morgan fingerprint density at radius 3 is 2.63 bits per heavy atom. The smallest absolute Gasteiger partial charge is 0.240 e. The predicted molar refractivity (Wildman–Crippen MR) is 104 cm³/mol. The molecule has 1 aliphatic rings. The molecule has 0 spiro atoms. The maximum Gasteiger partial charge on any atom is 0.240 e. The van der Waals surface area contributed by atoms with Crippen molar-refractivity contribution in [3.63, 3.8) is 0 Å². The van der Waals surface area contributed by atoms with Gasteiger partial charge in [-0.2, -0.15) is 0 Å². The molecule has 0 saturated heterocycles. The quantitative estimate of drug-likeness (QED) is 0.765. The first-order valence-corrected chi connectivity index (χ1v) is 10.9. The summed E-state index contributed by atoms with van der Waals surface area (Å²) in [4.78, 5) is 26.5. The van der Waals surface area contributed by atoms with Gasteiger partial charge >= 0.3 is 0 Å². The minimum absolute atomic E-state index is 0.0433. The first kappa shape index (κ1) is 19.5. The Kier molecular flexibility index (Phi) is 5.93. The van der Waals surface area contributed by atoms with Crippen molar-refractivity contribution in [2.75, 3.05) is 18.4 Å². The zero-order chi connectivity index (χ0) is 19.4. The Labute approximate surface area is 162 Å². The Balaban J connectivity index is 1.52. The van der Waals surface area contributed by atoms with E-state index in [4.69, 9.17) is 0 Å². The highest BCUT2D eigenvalue weighted by molar-refractivity contribution is 7.89. The van der Waals surface area contributed by atoms with Crippen molar-refractivity contribution in [3.8, 4) is 0 Å². The van der Waals surface area contributed by atoms with Crippen molar-refractivity contribution >= 4 is 38.9 Å². The topological polar surface area (TPSA) is 95.6 Å². The van der Waals surface area contributed by atoms with Crippen LogP contribution in [0.3, 0.4) is 0 Å². The van der Waals surface area contributed by atoms with Crippen molar-refractivity contribution in [3.05, 3.63) is 46.2 Å². The molecule has 0 saturated carbocycles. The van der Waals surface area contributed by atoms with Crippen molar-refractivity contribution in [1.82, 2.24) is 9.62 Å². The molecule has 0 aliphatic carbocycles. The summed E-state index contributed by atoms with van der Waals surface area (Å²) < 4.78 is 27.1. The molecule has 2 aromatic rings. The second-order valence-corrected chi connectivity index (χ2v) is 9.06. The largest absolute Gasteiger partial charge is 0.338 e. The predicted octanol–water partition coefficient (Wildman–Crippen LogP) is 1.96. The first-order valence-electron chi connectivity index (χ1n) is 8.55. The number of hydrogen-bond donors (Lipinski definition) is 2. The van der Waals surface area contributed by atoms with Gasteiger partial charge in [-0.15, -0.1) is 11.3 Å². The molecule has 0 unspecified atom stereocenters. The minimum atomic E-state index is -3.70. The molecule has 144 valence electrons. The molecule has 0 fully saturated rings. The van der Waals surface area contributed by atoms with Gasteiger partial charge in [0.1, 0.15) is 0 Å². The van der Waals surface area contributed by atoms with Gasteiger partial charge in [-0.05, 0) is 47.7 Å². The van der Waals surface area contributed by atoms with E-state index < -0.39 is 10.0 Å². The lowest BCUT2D eigenvalue weighted by Gasteiger charge is -2.27. The highest BCUT2D eigenvalue weighted by Crippen LogP contribution is 2.24. The number of benzene rings is 1. The number of sulfonamides is 1. The molecule has 2 N–H and O–H groups in total. The second kappa shape index (κ2) is 8.20. The van der Waals surface area contributed by atoms with Crippen LogP contribution in [0.25, 0.3) is 0 Å². The number of anilines is 1. The number of fused-ring (bicyclic) bond motifs is 1. The molecule has 0 radical (unpaired) electrons. The maximum atomic E-state index is 12.4. The number of rotatable bonds is 6. The van der Waals surface area contributed by atoms with E-state index in [2.05, 4.69) is 10.0 Å². The van der Waals surface area contributed by atoms with Gasteiger partial charge in [-0.3, -0.25) is 9.59 Å². The van der Waals surface area contributed by atoms with Crippen LogP contribution < -0.4 is 10.0 Å². The lowest BCUT2D eigenvalue weighted by atomic mass is 10.1. The summed E-state index contributed by atoms with van der Waals surface area (Å²) in [5, 5.41) is 4.61. The molecule has 9 heteroatoms. The summed E-state index contributed by atoms with van der Waals surface area (Å²) in [6, 6.07) is 7.91. The Morgan fingerprint density at radius 2 is 1.93 bits per heavy atom. The Hall–Kier alpha value is -2.23. The fraction of sp³-hybridized carbons (Fsp3) is 0.333. The molecule has 27 heavy (non-hydrogen) atoms. The van der Waals surface area contributed by atoms with E-state index in [1.807, 2.05) is 11.4 Å². The summed E-state index contributed by atoms with van der Waals surface area (Å²) >= 11 is 1.71. The van der Waals surface area contributed by atoms with E-state index in [0.717, 1.165) is 6.42 Å². The lowest BCUT2D eigenvalue weighted by molar-refractivity contribution is -0.131. The number of carbonyl (C=O) groups is 2. The molecule has 2 amide bonds. The molecule has 2 heterocycles. The maximum absolute atomic E-state index is 12.4. The van der Waals surface area contributed by atoms with Crippen LogP contribution in [0.5, 0.6) is 0 Å². The molecule has 0 atom stereocenters. The minimum Gasteiger partial charge on any atom is -0.338 e. The van der Waals surface area contributed by atoms with Crippen LogP contribution in [0.2, 0.25) is 0 Å². The van der Waals surface area contributed by atoms with Crippen LogP contribution in [-0.4, -0.2) is 38.2 Å². The summed E-state index contributed by atoms with van der Waals surface area (Å²) in [6.07, 6.45) is 0.966. The summed E-state index contributed by atoms with van der Waals surface area (Å²) in [6.45, 7) is 2.69. The van der Waals surface area contributed by atoms with Gasteiger partial charge in [0.15, 0.2) is 0 Å². The van der Waals surface area contributed by atoms with E-state index in [1.54, 1.807) is 16.2 Å². The van der Waals surface area contributed by atoms with Crippen LogP contribution in [0.4, 0.5) is 5.69 Å². The molecule has 1 aromatic heterocycles. The average Bonchev–Trinajstić information content (AvgIpc) is 3.09. The highest BCUT2D eigenvalue weighted by atomic mass is 32.2. The molecule has 1 aliphatic heterocycles. The van der Waals surface area contributed by atoms with Gasteiger partial charge in [-0.25, -0.2) is 13.1 Å². The second-order valence-electron chi connectivity index (χ2n) is 6.29. The third kappa shape index (κ3) is 4.94. The van der Waals surface area contributed by atoms with Crippen molar-refractivity contribution in [1.29, 1.82) is 0 Å². The molecule has 0 bridgehead atoms. The summed E-state index contributed by atoms with van der Waals surface area (Å²) in [5.41, 5.74) is 1.70. The van der Waals surface area contributed by atoms with Crippen LogP contribution in [0.1, 0.15) is 23.8 Å². The standard InChI is InChI=1S/C18H21N3O4S2/c1-13(22)20-15-2-4-16(5-3-15)27(24,25)19-9-6-18(23)21-10-7-17-14(12-21)8-11-26-17/h2-5,8,11,19H,6-7,9-10,12H2,1H3,(H,20,22). The molecule has 3 rings (SSSR count). The van der Waals surface area contributed by atoms with E-state index >= 15 is 0 Å². The van der Waals surface area contributed by atoms with E-state index in [9.17, 15) is 18.0 Å². The van der Waals surface area contributed by atoms with Gasteiger partial charge < -0.3 is 10.2 Å². The van der Waals surface area contributed by atoms with Gasteiger partial charge in [0.05, 0.1) is 4.90 Å². The Bertz CT molecular complexity index is 936. The van der Waals surface area contributed by atoms with Gasteiger partial charge in [0.2, 0.25) is 21.8 Å². The monoisotopic (exact) mass is 407 g/mol. The zero-order valence-corrected chi connectivity index (χ0v) is 16.5. The number of hydrogen-bond acceptors (Lipinski definition) is 5. The fourth-order valence-corrected chi connectivity index (χ4v) is 4.84. The molecule has 1 aromatic carbocycles. The third-order valence-corrected chi connectivity index (χ3v) is 6.78. The lowest BCUT2D eigenvalue weighted by Crippen LogP contribution is -2.37. The number of carbonyl (C=O) groups excluding carboxylic acids is 2. The summed E-state index contributed by atoms with van der Waals surface area (Å²) in [5.74, 6) is -0.287. The summed E-state index contributed by atoms with van der Waals surface area (Å²) in [7, 11) is -3.70. The van der Waals surface area contributed by atoms with Crippen molar-refractivity contribution in [2.24, 2.45) is 0 Å². The van der Waals surface area contributed by atoms with Crippen LogP contribution in [0, 0.1) is 0 Å².